The van der Waals surface area contributed by atoms with Crippen LogP contribution in [0.25, 0.3) is 0 Å². The lowest BCUT2D eigenvalue weighted by Crippen LogP contribution is -2.20. The van der Waals surface area contributed by atoms with Gasteiger partial charge in [-0.3, -0.25) is 4.79 Å². The number of nitrogens with two attached hydrogens (primary N) is 1. The number of halogens is 1. The van der Waals surface area contributed by atoms with Gasteiger partial charge >= 0.3 is 0 Å². The fourth-order valence-corrected chi connectivity index (χ4v) is 1.46. The Morgan fingerprint density at radius 2 is 1.84 bits per heavy atom. The number of hydrogen-bond acceptors (Lipinski definition) is 3. The second-order valence-corrected chi connectivity index (χ2v) is 3.89. The van der Waals surface area contributed by atoms with E-state index in [4.69, 9.17) is 10.5 Å². The minimum Gasteiger partial charge on any atom is -0.484 e. The molecule has 2 aromatic rings. The van der Waals surface area contributed by atoms with Crippen molar-refractivity contribution in [1.29, 1.82) is 0 Å². The number of nitrogens with one attached hydrogen (secondary N) is 1. The first-order valence-electron chi connectivity index (χ1n) is 5.68. The molecule has 5 heteroatoms. The molecule has 19 heavy (non-hydrogen) atoms. The third-order valence-electron chi connectivity index (χ3n) is 2.40. The Morgan fingerprint density at radius 3 is 2.53 bits per heavy atom. The van der Waals surface area contributed by atoms with Crippen molar-refractivity contribution in [2.75, 3.05) is 17.7 Å². The van der Waals surface area contributed by atoms with E-state index in [9.17, 15) is 9.18 Å². The van der Waals surface area contributed by atoms with Crippen LogP contribution >= 0.6 is 0 Å². The van der Waals surface area contributed by atoms with Crippen molar-refractivity contribution in [3.63, 3.8) is 0 Å². The third kappa shape index (κ3) is 3.70. The van der Waals surface area contributed by atoms with Crippen LogP contribution in [0.15, 0.2) is 48.5 Å². The summed E-state index contributed by atoms with van der Waals surface area (Å²) in [5, 5.41) is 2.43. The number of carbonyl (C=O) groups excluding carboxylic acids is 1. The lowest BCUT2D eigenvalue weighted by atomic mass is 10.3. The van der Waals surface area contributed by atoms with Gasteiger partial charge in [0.05, 0.1) is 5.69 Å². The highest BCUT2D eigenvalue weighted by atomic mass is 19.1. The zero-order valence-electron chi connectivity index (χ0n) is 10.1. The Kier molecular flexibility index (Phi) is 3.97. The Hall–Kier alpha value is -2.56. The second-order valence-electron chi connectivity index (χ2n) is 3.89. The number of hydrogen-bond donors (Lipinski definition) is 2. The smallest absolute Gasteiger partial charge is 0.262 e. The average molecular weight is 260 g/mol. The van der Waals surface area contributed by atoms with Gasteiger partial charge in [0.25, 0.3) is 5.91 Å². The van der Waals surface area contributed by atoms with E-state index in [-0.39, 0.29) is 12.3 Å². The van der Waals surface area contributed by atoms with E-state index in [2.05, 4.69) is 5.32 Å². The molecular weight excluding hydrogens is 247 g/mol. The van der Waals surface area contributed by atoms with Crippen molar-refractivity contribution in [3.8, 4) is 5.75 Å². The summed E-state index contributed by atoms with van der Waals surface area (Å²) in [6.45, 7) is -0.196. The molecule has 98 valence electrons. The van der Waals surface area contributed by atoms with Crippen molar-refractivity contribution in [2.24, 2.45) is 0 Å². The highest BCUT2D eigenvalue weighted by Gasteiger charge is 2.06. The largest absolute Gasteiger partial charge is 0.484 e. The lowest BCUT2D eigenvalue weighted by Gasteiger charge is -2.08. The average Bonchev–Trinajstić information content (AvgIpc) is 2.41. The predicted molar refractivity (Wildman–Crippen MR) is 71.4 cm³/mol. The van der Waals surface area contributed by atoms with E-state index in [1.807, 2.05) is 0 Å². The van der Waals surface area contributed by atoms with Crippen LogP contribution in [-0.2, 0) is 4.79 Å². The molecule has 0 radical (unpaired) electrons. The lowest BCUT2D eigenvalue weighted by molar-refractivity contribution is -0.118. The molecular formula is C14H13FN2O2. The molecule has 0 aliphatic rings. The zero-order valence-corrected chi connectivity index (χ0v) is 10.1. The molecule has 0 unspecified atom stereocenters. The summed E-state index contributed by atoms with van der Waals surface area (Å²) in [5.41, 5.74) is 6.27. The fourth-order valence-electron chi connectivity index (χ4n) is 1.46. The second kappa shape index (κ2) is 5.86. The first-order valence-corrected chi connectivity index (χ1v) is 5.68. The van der Waals surface area contributed by atoms with E-state index in [0.29, 0.717) is 11.4 Å². The molecule has 3 N–H and O–H groups in total. The van der Waals surface area contributed by atoms with E-state index in [1.165, 1.54) is 12.1 Å². The van der Waals surface area contributed by atoms with Gasteiger partial charge in [0.1, 0.15) is 11.6 Å². The highest BCUT2D eigenvalue weighted by molar-refractivity contribution is 5.91. The molecule has 0 fully saturated rings. The van der Waals surface area contributed by atoms with Crippen molar-refractivity contribution in [2.45, 2.75) is 0 Å². The maximum Gasteiger partial charge on any atom is 0.262 e. The summed E-state index contributed by atoms with van der Waals surface area (Å²) in [7, 11) is 0. The van der Waals surface area contributed by atoms with Crippen molar-refractivity contribution >= 4 is 17.3 Å². The zero-order chi connectivity index (χ0) is 13.7. The number of nitrogen functional groups attached to an aromatic ring is 1. The molecule has 0 aromatic heterocycles. The van der Waals surface area contributed by atoms with Crippen LogP contribution in [0.4, 0.5) is 15.8 Å². The van der Waals surface area contributed by atoms with Gasteiger partial charge in [-0.1, -0.05) is 12.1 Å². The van der Waals surface area contributed by atoms with Gasteiger partial charge in [-0.05, 0) is 36.4 Å². The normalized spacial score (nSPS) is 9.95. The van der Waals surface area contributed by atoms with Gasteiger partial charge in [-0.2, -0.15) is 0 Å². The number of carbonyl (C=O) groups is 1. The van der Waals surface area contributed by atoms with Crippen LogP contribution in [0.2, 0.25) is 0 Å². The molecule has 0 saturated carbocycles. The molecule has 2 aromatic carbocycles. The minimum absolute atomic E-state index is 0.133. The monoisotopic (exact) mass is 260 g/mol. The van der Waals surface area contributed by atoms with E-state index in [0.717, 1.165) is 0 Å². The number of para-hydroxylation sites is 1. The third-order valence-corrected chi connectivity index (χ3v) is 2.40. The van der Waals surface area contributed by atoms with E-state index >= 15 is 0 Å². The van der Waals surface area contributed by atoms with Crippen LogP contribution in [-0.4, -0.2) is 12.5 Å². The van der Waals surface area contributed by atoms with Crippen molar-refractivity contribution < 1.29 is 13.9 Å². The maximum absolute atomic E-state index is 13.3. The summed E-state index contributed by atoms with van der Waals surface area (Å²) in [6.07, 6.45) is 0. The summed E-state index contributed by atoms with van der Waals surface area (Å²) < 4.78 is 18.5. The molecule has 0 atom stereocenters. The Morgan fingerprint density at radius 1 is 1.16 bits per heavy atom. The maximum atomic E-state index is 13.3. The van der Waals surface area contributed by atoms with Crippen molar-refractivity contribution in [3.05, 3.63) is 54.3 Å². The molecule has 0 saturated heterocycles. The van der Waals surface area contributed by atoms with Crippen LogP contribution in [0.1, 0.15) is 0 Å². The van der Waals surface area contributed by atoms with Gasteiger partial charge in [0.2, 0.25) is 0 Å². The Balaban J connectivity index is 1.88. The SMILES string of the molecule is Nc1ccc(OCC(=O)Nc2ccccc2F)cc1. The standard InChI is InChI=1S/C14H13FN2O2/c15-12-3-1-2-4-13(12)17-14(18)9-19-11-7-5-10(16)6-8-11/h1-8H,9,16H2,(H,17,18). The van der Waals surface area contributed by atoms with Crippen LogP contribution < -0.4 is 15.8 Å². The molecule has 2 rings (SSSR count). The van der Waals surface area contributed by atoms with Gasteiger partial charge in [-0.15, -0.1) is 0 Å². The topological polar surface area (TPSA) is 64.3 Å². The molecule has 4 nitrogen and oxygen atoms in total. The number of rotatable bonds is 4. The molecule has 1 amide bonds. The first kappa shape index (κ1) is 12.9. The quantitative estimate of drug-likeness (QED) is 0.830. The van der Waals surface area contributed by atoms with Crippen LogP contribution in [0.5, 0.6) is 5.75 Å². The van der Waals surface area contributed by atoms with Crippen molar-refractivity contribution in [1.82, 2.24) is 0 Å². The number of anilines is 2. The summed E-state index contributed by atoms with van der Waals surface area (Å²) in [5.74, 6) is -0.386. The van der Waals surface area contributed by atoms with Gasteiger partial charge in [0.15, 0.2) is 6.61 Å². The minimum atomic E-state index is -0.483. The molecule has 0 spiro atoms. The molecule has 0 aliphatic carbocycles. The van der Waals surface area contributed by atoms with Gasteiger partial charge in [-0.25, -0.2) is 4.39 Å². The van der Waals surface area contributed by atoms with E-state index < -0.39 is 11.7 Å². The Labute approximate surface area is 110 Å². The molecule has 0 bridgehead atoms. The molecule has 0 heterocycles. The highest BCUT2D eigenvalue weighted by Crippen LogP contribution is 2.14. The van der Waals surface area contributed by atoms with Gasteiger partial charge < -0.3 is 15.8 Å². The summed E-state index contributed by atoms with van der Waals surface area (Å²) in [4.78, 5) is 11.6. The fraction of sp³-hybridized carbons (Fsp3) is 0.0714. The first-order chi connectivity index (χ1) is 9.15. The van der Waals surface area contributed by atoms with Gasteiger partial charge in [0, 0.05) is 5.69 Å². The number of ether oxygens (including phenoxy) is 1. The van der Waals surface area contributed by atoms with Crippen LogP contribution in [0, 0.1) is 5.82 Å². The molecule has 0 aliphatic heterocycles. The van der Waals surface area contributed by atoms with Crippen LogP contribution in [0.3, 0.4) is 0 Å². The van der Waals surface area contributed by atoms with E-state index in [1.54, 1.807) is 36.4 Å². The Bertz CT molecular complexity index is 570. The summed E-state index contributed by atoms with van der Waals surface area (Å²) >= 11 is 0. The summed E-state index contributed by atoms with van der Waals surface area (Å²) in [6, 6.07) is 12.6. The predicted octanol–water partition coefficient (Wildman–Crippen LogP) is 2.43. The number of amides is 1. The number of benzene rings is 2.